The minimum absolute atomic E-state index is 0.00128. The molecule has 1 atom stereocenters. The van der Waals surface area contributed by atoms with Crippen molar-refractivity contribution in [1.82, 2.24) is 15.2 Å². The van der Waals surface area contributed by atoms with E-state index in [9.17, 15) is 14.4 Å². The highest BCUT2D eigenvalue weighted by Gasteiger charge is 2.39. The molecule has 1 aliphatic heterocycles. The number of methoxy groups -OCH3 is 1. The third-order valence-electron chi connectivity index (χ3n) is 2.93. The van der Waals surface area contributed by atoms with Gasteiger partial charge in [0, 0.05) is 19.5 Å². The molecule has 2 rings (SSSR count). The molecule has 2 N–H and O–H groups in total. The molecule has 0 bridgehead atoms. The maximum atomic E-state index is 12.0. The fourth-order valence-electron chi connectivity index (χ4n) is 1.92. The summed E-state index contributed by atoms with van der Waals surface area (Å²) in [5, 5.41) is 2.56. The fraction of sp³-hybridized carbons (Fsp3) is 0.417. The predicted molar refractivity (Wildman–Crippen MR) is 65.3 cm³/mol. The van der Waals surface area contributed by atoms with Crippen LogP contribution in [0.3, 0.4) is 0 Å². The van der Waals surface area contributed by atoms with E-state index in [1.54, 1.807) is 12.3 Å². The second-order valence-corrected chi connectivity index (χ2v) is 4.21. The van der Waals surface area contributed by atoms with Crippen molar-refractivity contribution in [2.45, 2.75) is 12.5 Å². The number of carbonyl (C=O) groups excluding carboxylic acids is 3. The maximum absolute atomic E-state index is 12.0. The molecule has 0 radical (unpaired) electrons. The van der Waals surface area contributed by atoms with Crippen molar-refractivity contribution in [3.05, 3.63) is 24.0 Å². The SMILES string of the molecule is COCCN1C(=O)C[C@H](NC(=O)c2cc[nH]c2)C1=O. The number of hydrogen-bond acceptors (Lipinski definition) is 4. The first-order chi connectivity index (χ1) is 9.13. The Morgan fingerprint density at radius 1 is 1.58 bits per heavy atom. The number of hydrogen-bond donors (Lipinski definition) is 2. The van der Waals surface area contributed by atoms with Crippen LogP contribution < -0.4 is 5.32 Å². The molecule has 3 amide bonds. The molecule has 0 unspecified atom stereocenters. The zero-order valence-electron chi connectivity index (χ0n) is 10.5. The van der Waals surface area contributed by atoms with Gasteiger partial charge in [-0.05, 0) is 6.07 Å². The molecular formula is C12H15N3O4. The Kier molecular flexibility index (Phi) is 3.96. The fourth-order valence-corrected chi connectivity index (χ4v) is 1.92. The van der Waals surface area contributed by atoms with Gasteiger partial charge in [-0.3, -0.25) is 19.3 Å². The van der Waals surface area contributed by atoms with Crippen LogP contribution in [-0.2, 0) is 14.3 Å². The number of nitrogens with zero attached hydrogens (tertiary/aromatic N) is 1. The first-order valence-corrected chi connectivity index (χ1v) is 5.90. The lowest BCUT2D eigenvalue weighted by Crippen LogP contribution is -2.42. The Bertz CT molecular complexity index is 483. The normalized spacial score (nSPS) is 19.0. The number of rotatable bonds is 5. The second-order valence-electron chi connectivity index (χ2n) is 4.21. The Morgan fingerprint density at radius 3 is 3.00 bits per heavy atom. The number of carbonyl (C=O) groups is 3. The summed E-state index contributed by atoms with van der Waals surface area (Å²) in [6.07, 6.45) is 3.14. The van der Waals surface area contributed by atoms with E-state index in [4.69, 9.17) is 4.74 Å². The summed E-state index contributed by atoms with van der Waals surface area (Å²) in [5.41, 5.74) is 0.426. The number of amides is 3. The van der Waals surface area contributed by atoms with Crippen LogP contribution >= 0.6 is 0 Å². The van der Waals surface area contributed by atoms with Gasteiger partial charge in [0.2, 0.25) is 5.91 Å². The molecule has 19 heavy (non-hydrogen) atoms. The molecule has 1 saturated heterocycles. The number of nitrogens with one attached hydrogen (secondary N) is 2. The smallest absolute Gasteiger partial charge is 0.253 e. The number of aromatic nitrogens is 1. The van der Waals surface area contributed by atoms with E-state index in [0.29, 0.717) is 5.56 Å². The van der Waals surface area contributed by atoms with Gasteiger partial charge >= 0.3 is 0 Å². The number of ether oxygens (including phenoxy) is 1. The van der Waals surface area contributed by atoms with Gasteiger partial charge in [0.15, 0.2) is 0 Å². The van der Waals surface area contributed by atoms with E-state index in [1.807, 2.05) is 0 Å². The van der Waals surface area contributed by atoms with Crippen LogP contribution in [0.2, 0.25) is 0 Å². The summed E-state index contributed by atoms with van der Waals surface area (Å²) < 4.78 is 4.84. The summed E-state index contributed by atoms with van der Waals surface area (Å²) in [4.78, 5) is 39.3. The molecule has 1 aliphatic rings. The van der Waals surface area contributed by atoms with Crippen LogP contribution in [0, 0.1) is 0 Å². The van der Waals surface area contributed by atoms with Gasteiger partial charge in [-0.15, -0.1) is 0 Å². The Labute approximate surface area is 109 Å². The average molecular weight is 265 g/mol. The molecule has 0 spiro atoms. The molecule has 1 aromatic rings. The van der Waals surface area contributed by atoms with E-state index in [2.05, 4.69) is 10.3 Å². The van der Waals surface area contributed by atoms with E-state index in [-0.39, 0.29) is 37.3 Å². The van der Waals surface area contributed by atoms with Crippen molar-refractivity contribution in [3.63, 3.8) is 0 Å². The van der Waals surface area contributed by atoms with Crippen LogP contribution in [0.25, 0.3) is 0 Å². The molecule has 7 nitrogen and oxygen atoms in total. The Hall–Kier alpha value is -2.15. The monoisotopic (exact) mass is 265 g/mol. The first kappa shape index (κ1) is 13.3. The lowest BCUT2D eigenvalue weighted by atomic mass is 10.2. The van der Waals surface area contributed by atoms with Crippen molar-refractivity contribution in [2.24, 2.45) is 0 Å². The van der Waals surface area contributed by atoms with Gasteiger partial charge in [-0.25, -0.2) is 0 Å². The minimum Gasteiger partial charge on any atom is -0.383 e. The van der Waals surface area contributed by atoms with Crippen LogP contribution in [0.5, 0.6) is 0 Å². The van der Waals surface area contributed by atoms with Crippen LogP contribution in [-0.4, -0.2) is 53.9 Å². The van der Waals surface area contributed by atoms with Crippen LogP contribution in [0.1, 0.15) is 16.8 Å². The van der Waals surface area contributed by atoms with E-state index in [1.165, 1.54) is 13.3 Å². The van der Waals surface area contributed by atoms with Gasteiger partial charge in [0.25, 0.3) is 11.8 Å². The van der Waals surface area contributed by atoms with E-state index in [0.717, 1.165) is 4.90 Å². The highest BCUT2D eigenvalue weighted by Crippen LogP contribution is 2.13. The summed E-state index contributed by atoms with van der Waals surface area (Å²) in [5.74, 6) is -1.05. The molecule has 0 saturated carbocycles. The molecule has 2 heterocycles. The van der Waals surface area contributed by atoms with Crippen LogP contribution in [0.4, 0.5) is 0 Å². The summed E-state index contributed by atoms with van der Waals surface area (Å²) in [7, 11) is 1.50. The van der Waals surface area contributed by atoms with Gasteiger partial charge < -0.3 is 15.0 Å². The molecule has 0 aliphatic carbocycles. The minimum atomic E-state index is -0.785. The quantitative estimate of drug-likeness (QED) is 0.703. The highest BCUT2D eigenvalue weighted by atomic mass is 16.5. The molecule has 1 aromatic heterocycles. The van der Waals surface area contributed by atoms with Crippen molar-refractivity contribution in [3.8, 4) is 0 Å². The van der Waals surface area contributed by atoms with Gasteiger partial charge in [-0.1, -0.05) is 0 Å². The third kappa shape index (κ3) is 2.82. The number of aromatic amines is 1. The second kappa shape index (κ2) is 5.66. The molecule has 0 aromatic carbocycles. The van der Waals surface area contributed by atoms with Crippen molar-refractivity contribution in [2.75, 3.05) is 20.3 Å². The van der Waals surface area contributed by atoms with Gasteiger partial charge in [0.05, 0.1) is 25.1 Å². The Morgan fingerprint density at radius 2 is 2.37 bits per heavy atom. The average Bonchev–Trinajstić information content (AvgIpc) is 2.99. The predicted octanol–water partition coefficient (Wildman–Crippen LogP) is -0.482. The van der Waals surface area contributed by atoms with Crippen LogP contribution in [0.15, 0.2) is 18.5 Å². The lowest BCUT2D eigenvalue weighted by Gasteiger charge is -2.14. The number of likely N-dealkylation sites (tertiary alicyclic amines) is 1. The zero-order valence-corrected chi connectivity index (χ0v) is 10.5. The molecule has 1 fully saturated rings. The summed E-state index contributed by atoms with van der Waals surface area (Å²) in [6, 6.07) is 0.811. The van der Waals surface area contributed by atoms with Crippen molar-refractivity contribution < 1.29 is 19.1 Å². The van der Waals surface area contributed by atoms with Gasteiger partial charge in [0.1, 0.15) is 6.04 Å². The Balaban J connectivity index is 1.97. The zero-order chi connectivity index (χ0) is 13.8. The number of imide groups is 1. The number of H-pyrrole nitrogens is 1. The molecular weight excluding hydrogens is 250 g/mol. The van der Waals surface area contributed by atoms with Crippen molar-refractivity contribution >= 4 is 17.7 Å². The standard InChI is InChI=1S/C12H15N3O4/c1-19-5-4-15-10(16)6-9(12(15)18)14-11(17)8-2-3-13-7-8/h2-3,7,9,13H,4-6H2,1H3,(H,14,17)/t9-/m0/s1. The lowest BCUT2D eigenvalue weighted by molar-refractivity contribution is -0.139. The van der Waals surface area contributed by atoms with E-state index < -0.39 is 6.04 Å². The maximum Gasteiger partial charge on any atom is 0.253 e. The highest BCUT2D eigenvalue weighted by molar-refractivity contribution is 6.08. The first-order valence-electron chi connectivity index (χ1n) is 5.90. The largest absolute Gasteiger partial charge is 0.383 e. The van der Waals surface area contributed by atoms with Crippen molar-refractivity contribution in [1.29, 1.82) is 0 Å². The molecule has 7 heteroatoms. The summed E-state index contributed by atoms with van der Waals surface area (Å²) in [6.45, 7) is 0.501. The van der Waals surface area contributed by atoms with E-state index >= 15 is 0 Å². The van der Waals surface area contributed by atoms with Gasteiger partial charge in [-0.2, -0.15) is 0 Å². The molecule has 102 valence electrons. The summed E-state index contributed by atoms with van der Waals surface area (Å²) >= 11 is 0. The topological polar surface area (TPSA) is 91.5 Å². The third-order valence-corrected chi connectivity index (χ3v) is 2.93.